The molecule has 0 unspecified atom stereocenters. The molecule has 1 heterocycles. The summed E-state index contributed by atoms with van der Waals surface area (Å²) in [5.41, 5.74) is 3.85. The van der Waals surface area contributed by atoms with Crippen molar-refractivity contribution in [1.82, 2.24) is 10.7 Å². The zero-order valence-corrected chi connectivity index (χ0v) is 15.4. The van der Waals surface area contributed by atoms with Crippen molar-refractivity contribution in [3.05, 3.63) is 69.5 Å². The monoisotopic (exact) mass is 415 g/mol. The molecule has 0 radical (unpaired) electrons. The number of carbonyl (C=O) groups excluding carboxylic acids is 2. The van der Waals surface area contributed by atoms with Crippen LogP contribution in [0.4, 0.5) is 0 Å². The zero-order valence-electron chi connectivity index (χ0n) is 13.0. The van der Waals surface area contributed by atoms with E-state index in [2.05, 4.69) is 31.8 Å². The van der Waals surface area contributed by atoms with Crippen LogP contribution in [0.1, 0.15) is 15.9 Å². The average molecular weight is 416 g/mol. The highest BCUT2D eigenvalue weighted by atomic mass is 79.9. The summed E-state index contributed by atoms with van der Waals surface area (Å²) in [6.45, 7) is -0.142. The maximum Gasteiger partial charge on any atom is 0.259 e. The summed E-state index contributed by atoms with van der Waals surface area (Å²) in [7, 11) is 0. The number of hydrazone groups is 1. The Hall–Kier alpha value is -2.51. The largest absolute Gasteiger partial charge is 0.343 e. The van der Waals surface area contributed by atoms with Crippen molar-refractivity contribution in [2.75, 3.05) is 6.54 Å². The number of amides is 2. The van der Waals surface area contributed by atoms with Gasteiger partial charge in [-0.3, -0.25) is 9.59 Å². The third-order valence-electron chi connectivity index (χ3n) is 3.42. The van der Waals surface area contributed by atoms with Gasteiger partial charge >= 0.3 is 0 Å². The summed E-state index contributed by atoms with van der Waals surface area (Å²) in [5, 5.41) is 9.58. The molecule has 3 rings (SSSR count). The molecule has 3 aromatic rings. The summed E-state index contributed by atoms with van der Waals surface area (Å²) < 4.78 is 2.05. The molecule has 0 bridgehead atoms. The van der Waals surface area contributed by atoms with Crippen molar-refractivity contribution in [1.29, 1.82) is 0 Å². The SMILES string of the molecule is O=C(CNC(=O)c1ccc(Br)cc1)N/N=C/c1csc2ccccc12. The maximum absolute atomic E-state index is 11.9. The number of hydrogen-bond donors (Lipinski definition) is 2. The molecule has 25 heavy (non-hydrogen) atoms. The van der Waals surface area contributed by atoms with Gasteiger partial charge in [-0.25, -0.2) is 5.43 Å². The van der Waals surface area contributed by atoms with Crippen LogP contribution in [0, 0.1) is 0 Å². The van der Waals surface area contributed by atoms with E-state index in [1.54, 1.807) is 41.8 Å². The van der Waals surface area contributed by atoms with Crippen molar-refractivity contribution in [3.63, 3.8) is 0 Å². The lowest BCUT2D eigenvalue weighted by Crippen LogP contribution is -2.34. The molecule has 5 nitrogen and oxygen atoms in total. The smallest absolute Gasteiger partial charge is 0.259 e. The Balaban J connectivity index is 1.51. The Kier molecular flexibility index (Phi) is 5.57. The van der Waals surface area contributed by atoms with Crippen LogP contribution >= 0.6 is 27.3 Å². The fraction of sp³-hybridized carbons (Fsp3) is 0.0556. The standard InChI is InChI=1S/C18H14BrN3O2S/c19-14-7-5-12(6-8-14)18(24)20-10-17(23)22-21-9-13-11-25-16-4-2-1-3-15(13)16/h1-9,11H,10H2,(H,20,24)(H,22,23)/b21-9+. The van der Waals surface area contributed by atoms with Crippen LogP contribution in [0.5, 0.6) is 0 Å². The number of nitrogens with zero attached hydrogens (tertiary/aromatic N) is 1. The van der Waals surface area contributed by atoms with Gasteiger partial charge in [-0.05, 0) is 30.3 Å². The molecule has 0 aliphatic rings. The Bertz CT molecular complexity index is 935. The van der Waals surface area contributed by atoms with Gasteiger partial charge in [0, 0.05) is 31.1 Å². The summed E-state index contributed by atoms with van der Waals surface area (Å²) in [5.74, 6) is -0.697. The van der Waals surface area contributed by atoms with E-state index >= 15 is 0 Å². The predicted octanol–water partition coefficient (Wildman–Crippen LogP) is 3.54. The van der Waals surface area contributed by atoms with Gasteiger partial charge in [-0.2, -0.15) is 5.10 Å². The Morgan fingerprint density at radius 1 is 1.12 bits per heavy atom. The molecule has 0 aliphatic carbocycles. The summed E-state index contributed by atoms with van der Waals surface area (Å²) in [4.78, 5) is 23.7. The molecule has 0 aliphatic heterocycles. The third kappa shape index (κ3) is 4.52. The maximum atomic E-state index is 11.9. The van der Waals surface area contributed by atoms with Crippen LogP contribution < -0.4 is 10.7 Å². The number of carbonyl (C=O) groups is 2. The number of fused-ring (bicyclic) bond motifs is 1. The number of rotatable bonds is 5. The molecule has 126 valence electrons. The van der Waals surface area contributed by atoms with E-state index in [1.165, 1.54) is 0 Å². The van der Waals surface area contributed by atoms with Gasteiger partial charge in [-0.1, -0.05) is 34.1 Å². The Morgan fingerprint density at radius 3 is 2.68 bits per heavy atom. The van der Waals surface area contributed by atoms with Gasteiger partial charge in [0.1, 0.15) is 0 Å². The van der Waals surface area contributed by atoms with Gasteiger partial charge < -0.3 is 5.32 Å². The van der Waals surface area contributed by atoms with E-state index in [1.807, 2.05) is 29.6 Å². The predicted molar refractivity (Wildman–Crippen MR) is 104 cm³/mol. The highest BCUT2D eigenvalue weighted by Crippen LogP contribution is 2.24. The van der Waals surface area contributed by atoms with E-state index in [0.717, 1.165) is 20.1 Å². The van der Waals surface area contributed by atoms with Crippen LogP contribution in [0.3, 0.4) is 0 Å². The average Bonchev–Trinajstić information content (AvgIpc) is 3.04. The van der Waals surface area contributed by atoms with Gasteiger partial charge in [0.25, 0.3) is 11.8 Å². The molecule has 0 spiro atoms. The molecule has 0 fully saturated rings. The molecule has 7 heteroatoms. The highest BCUT2D eigenvalue weighted by Gasteiger charge is 2.07. The fourth-order valence-corrected chi connectivity index (χ4v) is 3.35. The van der Waals surface area contributed by atoms with Crippen molar-refractivity contribution in [2.45, 2.75) is 0 Å². The molecule has 2 N–H and O–H groups in total. The molecule has 2 aromatic carbocycles. The Morgan fingerprint density at radius 2 is 1.88 bits per heavy atom. The lowest BCUT2D eigenvalue weighted by Gasteiger charge is -2.04. The Labute approximate surface area is 156 Å². The summed E-state index contributed by atoms with van der Waals surface area (Å²) >= 11 is 4.93. The number of thiophene rings is 1. The fourth-order valence-electron chi connectivity index (χ4n) is 2.18. The van der Waals surface area contributed by atoms with Gasteiger partial charge in [0.05, 0.1) is 12.8 Å². The lowest BCUT2D eigenvalue weighted by molar-refractivity contribution is -0.120. The zero-order chi connectivity index (χ0) is 17.6. The number of nitrogens with one attached hydrogen (secondary N) is 2. The second-order valence-electron chi connectivity index (χ2n) is 5.17. The minimum atomic E-state index is -0.388. The summed E-state index contributed by atoms with van der Waals surface area (Å²) in [6, 6.07) is 14.9. The van der Waals surface area contributed by atoms with Crippen LogP contribution in [0.15, 0.2) is 63.5 Å². The van der Waals surface area contributed by atoms with E-state index < -0.39 is 0 Å². The minimum absolute atomic E-state index is 0.142. The molecule has 0 saturated carbocycles. The van der Waals surface area contributed by atoms with Crippen molar-refractivity contribution in [2.24, 2.45) is 5.10 Å². The molecule has 1 aromatic heterocycles. The van der Waals surface area contributed by atoms with Crippen molar-refractivity contribution in [3.8, 4) is 0 Å². The topological polar surface area (TPSA) is 70.6 Å². The van der Waals surface area contributed by atoms with Crippen LogP contribution in [-0.4, -0.2) is 24.6 Å². The van der Waals surface area contributed by atoms with Gasteiger partial charge in [-0.15, -0.1) is 11.3 Å². The molecule has 0 atom stereocenters. The molecule has 0 saturated heterocycles. The molecular formula is C18H14BrN3O2S. The van der Waals surface area contributed by atoms with Crippen LogP contribution in [0.2, 0.25) is 0 Å². The first-order valence-corrected chi connectivity index (χ1v) is 9.12. The lowest BCUT2D eigenvalue weighted by atomic mass is 10.2. The number of hydrogen-bond acceptors (Lipinski definition) is 4. The van der Waals surface area contributed by atoms with Crippen LogP contribution in [-0.2, 0) is 4.79 Å². The third-order valence-corrected chi connectivity index (χ3v) is 4.93. The second-order valence-corrected chi connectivity index (χ2v) is 7.00. The quantitative estimate of drug-likeness (QED) is 0.494. The molecule has 2 amide bonds. The van der Waals surface area contributed by atoms with E-state index in [0.29, 0.717) is 5.56 Å². The van der Waals surface area contributed by atoms with Crippen LogP contribution in [0.25, 0.3) is 10.1 Å². The van der Waals surface area contributed by atoms with E-state index in [-0.39, 0.29) is 18.4 Å². The van der Waals surface area contributed by atoms with Gasteiger partial charge in [0.15, 0.2) is 0 Å². The number of benzene rings is 2. The van der Waals surface area contributed by atoms with E-state index in [4.69, 9.17) is 0 Å². The summed E-state index contributed by atoms with van der Waals surface area (Å²) in [6.07, 6.45) is 1.60. The van der Waals surface area contributed by atoms with Crippen molar-refractivity contribution < 1.29 is 9.59 Å². The van der Waals surface area contributed by atoms with E-state index in [9.17, 15) is 9.59 Å². The first-order chi connectivity index (χ1) is 12.1. The highest BCUT2D eigenvalue weighted by molar-refractivity contribution is 9.10. The number of halogens is 1. The first-order valence-electron chi connectivity index (χ1n) is 7.45. The second kappa shape index (κ2) is 8.04. The minimum Gasteiger partial charge on any atom is -0.343 e. The van der Waals surface area contributed by atoms with Crippen molar-refractivity contribution >= 4 is 55.4 Å². The normalized spacial score (nSPS) is 10.9. The van der Waals surface area contributed by atoms with Gasteiger partial charge in [0.2, 0.25) is 0 Å². The first kappa shape index (κ1) is 17.3. The molecular weight excluding hydrogens is 402 g/mol.